The first-order valence-electron chi connectivity index (χ1n) is 25.9. The Morgan fingerprint density at radius 1 is 0.361 bits per heavy atom. The number of hydrogen-bond donors (Lipinski definition) is 0. The van der Waals surface area contributed by atoms with Crippen LogP contribution in [0.5, 0.6) is 17.2 Å². The molecule has 0 fully saturated rings. The molecule has 4 nitrogen and oxygen atoms in total. The average molecular weight is 1240 g/mol. The van der Waals surface area contributed by atoms with Gasteiger partial charge in [-0.05, 0) is 74.2 Å². The molecule has 0 aliphatic rings. The van der Waals surface area contributed by atoms with E-state index >= 15 is 13.2 Å². The zero-order valence-corrected chi connectivity index (χ0v) is 44.8. The fourth-order valence-electron chi connectivity index (χ4n) is 8.86. The van der Waals surface area contributed by atoms with Gasteiger partial charge in [0.2, 0.25) is 0 Å². The molecule has 0 saturated heterocycles. The van der Waals surface area contributed by atoms with Crippen LogP contribution < -0.4 is 14.0 Å². The zero-order chi connectivity index (χ0) is 63.2. The quantitative estimate of drug-likeness (QED) is 0.0218. The summed E-state index contributed by atoms with van der Waals surface area (Å²) in [5, 5.41) is 0. The van der Waals surface area contributed by atoms with Gasteiger partial charge >= 0.3 is 56.7 Å². The van der Waals surface area contributed by atoms with Crippen molar-refractivity contribution in [3.63, 3.8) is 0 Å². The molecule has 0 bridgehead atoms. The number of unbranched alkanes of at least 4 members (excludes halogenated alkanes) is 9. The Morgan fingerprint density at radius 2 is 0.675 bits per heavy atom. The van der Waals surface area contributed by atoms with Gasteiger partial charge in [0.05, 0.1) is 58.6 Å². The van der Waals surface area contributed by atoms with Crippen LogP contribution in [-0.4, -0.2) is 31.4 Å². The van der Waals surface area contributed by atoms with E-state index in [-0.39, 0.29) is 91.6 Å². The van der Waals surface area contributed by atoms with Crippen LogP contribution in [0, 0.1) is 6.07 Å². The van der Waals surface area contributed by atoms with Crippen LogP contribution in [0.25, 0.3) is 0 Å². The Bertz CT molecular complexity index is 2440. The highest BCUT2D eigenvalue weighted by atomic mass is 19.4. The summed E-state index contributed by atoms with van der Waals surface area (Å²) in [6.45, 7) is 7.86. The standard InChI is InChI=1S/C46H55BF18NO3.C8H3F6/c1-5-9-13-14-15-16-17-18-38(66(19-10-6-2,20-11-7-3)21-12-8-4)40-37(46(63,64)65)28-34(45(60,61)62)29-39(40)69-47(67-35-24-30(41(48,49)50)22-31(25-35)42(51,52)53)68-36-26-32(43(54,55)56)23-33(27-36)44(57,58)59;9-7(10,11)5-2-1-3-6(4-5)8(12,13)14/h22-29,38H,5-21H2,1-4H3;2-4H/q+1;-1. The van der Waals surface area contributed by atoms with Crippen LogP contribution in [-0.2, 0) is 49.4 Å². The monoisotopic (exact) mass is 1240 g/mol. The van der Waals surface area contributed by atoms with Gasteiger partial charge in [-0.15, -0.1) is 6.07 Å². The van der Waals surface area contributed by atoms with Crippen molar-refractivity contribution in [3.05, 3.63) is 123 Å². The Labute approximate surface area is 463 Å². The number of alkyl halides is 24. The third-order valence-electron chi connectivity index (χ3n) is 13.0. The first-order valence-corrected chi connectivity index (χ1v) is 25.9. The molecule has 468 valence electrons. The minimum atomic E-state index is -5.65. The van der Waals surface area contributed by atoms with Gasteiger partial charge in [-0.25, -0.2) is 0 Å². The molecule has 29 heteroatoms. The predicted octanol–water partition coefficient (Wildman–Crippen LogP) is 21.2. The fourth-order valence-corrected chi connectivity index (χ4v) is 8.86. The minimum Gasteiger partial charge on any atom is -0.490 e. The number of hydrogen-bond acceptors (Lipinski definition) is 3. The lowest BCUT2D eigenvalue weighted by Gasteiger charge is -2.47. The molecule has 0 radical (unpaired) electrons. The second-order valence-corrected chi connectivity index (χ2v) is 19.4. The molecule has 1 atom stereocenters. The lowest BCUT2D eigenvalue weighted by atomic mass is 9.88. The van der Waals surface area contributed by atoms with E-state index in [1.165, 1.54) is 0 Å². The first-order chi connectivity index (χ1) is 38.0. The third kappa shape index (κ3) is 22.2. The largest absolute Gasteiger partial charge is 0.864 e. The molecule has 0 amide bonds. The van der Waals surface area contributed by atoms with Crippen molar-refractivity contribution in [2.24, 2.45) is 0 Å². The van der Waals surface area contributed by atoms with Crippen molar-refractivity contribution >= 4 is 7.32 Å². The van der Waals surface area contributed by atoms with Crippen molar-refractivity contribution in [2.75, 3.05) is 19.6 Å². The molecule has 0 saturated carbocycles. The second-order valence-electron chi connectivity index (χ2n) is 19.4. The van der Waals surface area contributed by atoms with E-state index in [1.807, 2.05) is 6.92 Å². The number of quaternary nitrogens is 1. The fraction of sp³-hybridized carbons (Fsp3) is 0.556. The Morgan fingerprint density at radius 3 is 1.00 bits per heavy atom. The van der Waals surface area contributed by atoms with E-state index in [0.29, 0.717) is 63.5 Å². The summed E-state index contributed by atoms with van der Waals surface area (Å²) >= 11 is 0. The Balaban J connectivity index is 0.00000112. The van der Waals surface area contributed by atoms with Crippen molar-refractivity contribution in [3.8, 4) is 17.2 Å². The van der Waals surface area contributed by atoms with E-state index < -0.39 is 130 Å². The normalized spacial score (nSPS) is 13.6. The molecular weight excluding hydrogens is 1180 g/mol. The summed E-state index contributed by atoms with van der Waals surface area (Å²) < 4.78 is 347. The highest BCUT2D eigenvalue weighted by Gasteiger charge is 2.49. The molecule has 1 unspecified atom stereocenters. The maximum atomic E-state index is 15.6. The van der Waals surface area contributed by atoms with Crippen molar-refractivity contribution in [1.82, 2.24) is 0 Å². The summed E-state index contributed by atoms with van der Waals surface area (Å²) in [7, 11) is -3.27. The van der Waals surface area contributed by atoms with E-state index in [1.54, 1.807) is 26.8 Å². The summed E-state index contributed by atoms with van der Waals surface area (Å²) in [4.78, 5) is 0. The highest BCUT2D eigenvalue weighted by Crippen LogP contribution is 2.50. The van der Waals surface area contributed by atoms with Gasteiger partial charge in [-0.2, -0.15) is 124 Å². The summed E-state index contributed by atoms with van der Waals surface area (Å²) in [6, 6.07) is -0.0311. The van der Waals surface area contributed by atoms with Gasteiger partial charge < -0.3 is 18.4 Å². The highest BCUT2D eigenvalue weighted by molar-refractivity contribution is 6.39. The number of benzene rings is 4. The van der Waals surface area contributed by atoms with Crippen LogP contribution >= 0.6 is 0 Å². The lowest BCUT2D eigenvalue weighted by Crippen LogP contribution is -2.53. The van der Waals surface area contributed by atoms with Crippen LogP contribution in [0.1, 0.15) is 174 Å². The minimum absolute atomic E-state index is 0.0521. The topological polar surface area (TPSA) is 27.7 Å². The predicted molar refractivity (Wildman–Crippen MR) is 257 cm³/mol. The maximum absolute atomic E-state index is 15.6. The molecule has 83 heavy (non-hydrogen) atoms. The molecule has 0 heterocycles. The summed E-state index contributed by atoms with van der Waals surface area (Å²) in [5.41, 5.74) is -15.9. The molecule has 0 spiro atoms. The Hall–Kier alpha value is -5.38. The van der Waals surface area contributed by atoms with Crippen molar-refractivity contribution in [2.45, 2.75) is 173 Å². The van der Waals surface area contributed by atoms with Crippen LogP contribution in [0.2, 0.25) is 0 Å². The van der Waals surface area contributed by atoms with Crippen LogP contribution in [0.3, 0.4) is 0 Å². The SMILES string of the molecule is CCCCCCCCCC(c1c(OB(Oc2cc(C(F)(F)F)cc(C(F)(F)F)c2)Oc2cc(C(F)(F)F)cc(C(F)(F)F)c2)cc(C(F)(F)F)cc1C(F)(F)F)[N+](CCCC)(CCCC)CCCC.FC(F)(F)c1c[c-]cc(C(F)(F)F)c1. The van der Waals surface area contributed by atoms with Gasteiger partial charge in [-0.1, -0.05) is 96.6 Å². The molecule has 4 aromatic rings. The molecule has 0 N–H and O–H groups in total. The third-order valence-corrected chi connectivity index (χ3v) is 13.0. The van der Waals surface area contributed by atoms with Gasteiger partial charge in [0.15, 0.2) is 0 Å². The molecule has 4 aromatic carbocycles. The number of nitrogens with zero attached hydrogens (tertiary/aromatic N) is 1. The van der Waals surface area contributed by atoms with Gasteiger partial charge in [0.1, 0.15) is 23.3 Å². The van der Waals surface area contributed by atoms with E-state index in [4.69, 9.17) is 14.0 Å². The van der Waals surface area contributed by atoms with Crippen LogP contribution in [0.15, 0.2) is 66.7 Å². The van der Waals surface area contributed by atoms with Gasteiger partial charge in [0, 0.05) is 6.42 Å². The summed E-state index contributed by atoms with van der Waals surface area (Å²) in [6.07, 6.45) is -36.0. The second kappa shape index (κ2) is 29.1. The average Bonchev–Trinajstić information content (AvgIpc) is 2.34. The summed E-state index contributed by atoms with van der Waals surface area (Å²) in [5.74, 6) is -4.53. The van der Waals surface area contributed by atoms with Crippen molar-refractivity contribution < 1.29 is 124 Å². The van der Waals surface area contributed by atoms with E-state index in [2.05, 4.69) is 0 Å². The molecule has 0 aliphatic carbocycles. The zero-order valence-electron chi connectivity index (χ0n) is 44.8. The number of rotatable bonds is 25. The van der Waals surface area contributed by atoms with Gasteiger partial charge in [0.25, 0.3) is 0 Å². The van der Waals surface area contributed by atoms with E-state index in [9.17, 15) is 92.2 Å². The van der Waals surface area contributed by atoms with Crippen LogP contribution in [0.4, 0.5) is 105 Å². The first kappa shape index (κ1) is 71.9. The van der Waals surface area contributed by atoms with E-state index in [0.717, 1.165) is 25.7 Å². The smallest absolute Gasteiger partial charge is 0.490 e. The van der Waals surface area contributed by atoms with Crippen molar-refractivity contribution in [1.29, 1.82) is 0 Å². The lowest BCUT2D eigenvalue weighted by molar-refractivity contribution is -0.958. The maximum Gasteiger partial charge on any atom is 0.864 e. The molecular formula is C54H58BF24NO3. The molecule has 4 rings (SSSR count). The molecule has 0 aromatic heterocycles. The van der Waals surface area contributed by atoms with Gasteiger partial charge in [-0.3, -0.25) is 0 Å². The number of halogens is 24. The Kier molecular flexibility index (Phi) is 25.2. The molecule has 0 aliphatic heterocycles.